The molecule has 1 unspecified atom stereocenters. The lowest BCUT2D eigenvalue weighted by atomic mass is 10.1. The van der Waals surface area contributed by atoms with Crippen LogP contribution in [0.2, 0.25) is 0 Å². The van der Waals surface area contributed by atoms with Crippen LogP contribution < -0.4 is 4.74 Å². The molecule has 0 spiro atoms. The summed E-state index contributed by atoms with van der Waals surface area (Å²) in [6.45, 7) is 1.23. The SMILES string of the molecule is O=C(Cl)N1CCC(Oc2ccc3ccccc3c2)C1. The second kappa shape index (κ2) is 5.10. The first-order valence-electron chi connectivity index (χ1n) is 6.32. The summed E-state index contributed by atoms with van der Waals surface area (Å²) in [7, 11) is 0. The molecule has 1 aliphatic rings. The summed E-state index contributed by atoms with van der Waals surface area (Å²) in [4.78, 5) is 12.7. The molecule has 0 aromatic heterocycles. The molecule has 0 aliphatic carbocycles. The summed E-state index contributed by atoms with van der Waals surface area (Å²) < 4.78 is 5.91. The number of hydrogen-bond acceptors (Lipinski definition) is 2. The van der Waals surface area contributed by atoms with E-state index in [1.165, 1.54) is 5.39 Å². The molecule has 0 N–H and O–H groups in total. The Morgan fingerprint density at radius 3 is 2.74 bits per heavy atom. The number of carbonyl (C=O) groups is 1. The number of hydrogen-bond donors (Lipinski definition) is 0. The van der Waals surface area contributed by atoms with Crippen molar-refractivity contribution in [2.45, 2.75) is 12.5 Å². The van der Waals surface area contributed by atoms with Gasteiger partial charge < -0.3 is 9.64 Å². The molecule has 1 heterocycles. The Morgan fingerprint density at radius 2 is 2.00 bits per heavy atom. The Kier molecular flexibility index (Phi) is 3.30. The number of rotatable bonds is 2. The third-order valence-electron chi connectivity index (χ3n) is 3.42. The molecule has 1 amide bonds. The zero-order chi connectivity index (χ0) is 13.2. The van der Waals surface area contributed by atoms with Crippen LogP contribution in [0, 0.1) is 0 Å². The van der Waals surface area contributed by atoms with Gasteiger partial charge >= 0.3 is 5.37 Å². The minimum Gasteiger partial charge on any atom is -0.488 e. The molecule has 1 aliphatic heterocycles. The van der Waals surface area contributed by atoms with Gasteiger partial charge in [-0.15, -0.1) is 0 Å². The van der Waals surface area contributed by atoms with Gasteiger partial charge in [0.2, 0.25) is 0 Å². The molecule has 0 saturated carbocycles. The molecule has 4 heteroatoms. The number of carbonyl (C=O) groups excluding carboxylic acids is 1. The van der Waals surface area contributed by atoms with E-state index in [2.05, 4.69) is 12.1 Å². The molecule has 1 saturated heterocycles. The van der Waals surface area contributed by atoms with Crippen molar-refractivity contribution < 1.29 is 9.53 Å². The van der Waals surface area contributed by atoms with Crippen molar-refractivity contribution in [1.82, 2.24) is 4.90 Å². The molecule has 19 heavy (non-hydrogen) atoms. The molecule has 98 valence electrons. The molecule has 0 bridgehead atoms. The highest BCUT2D eigenvalue weighted by Gasteiger charge is 2.26. The number of fused-ring (bicyclic) bond motifs is 1. The molecule has 0 radical (unpaired) electrons. The monoisotopic (exact) mass is 275 g/mol. The van der Waals surface area contributed by atoms with Crippen molar-refractivity contribution in [3.8, 4) is 5.75 Å². The average Bonchev–Trinajstić information content (AvgIpc) is 2.87. The van der Waals surface area contributed by atoms with Crippen molar-refractivity contribution in [3.05, 3.63) is 42.5 Å². The van der Waals surface area contributed by atoms with Gasteiger partial charge in [0.25, 0.3) is 0 Å². The van der Waals surface area contributed by atoms with E-state index in [1.807, 2.05) is 30.3 Å². The normalized spacial score (nSPS) is 18.8. The fraction of sp³-hybridized carbons (Fsp3) is 0.267. The highest BCUT2D eigenvalue weighted by molar-refractivity contribution is 6.62. The van der Waals surface area contributed by atoms with Gasteiger partial charge in [0, 0.05) is 13.0 Å². The number of ether oxygens (including phenoxy) is 1. The standard InChI is InChI=1S/C15H14ClNO2/c16-15(18)17-8-7-14(10-17)19-13-6-5-11-3-1-2-4-12(11)9-13/h1-6,9,14H,7-8,10H2. The van der Waals surface area contributed by atoms with Gasteiger partial charge in [-0.1, -0.05) is 30.3 Å². The van der Waals surface area contributed by atoms with Gasteiger partial charge in [0.05, 0.1) is 6.54 Å². The van der Waals surface area contributed by atoms with Gasteiger partial charge in [0.15, 0.2) is 0 Å². The molecule has 3 nitrogen and oxygen atoms in total. The Balaban J connectivity index is 1.73. The maximum Gasteiger partial charge on any atom is 0.316 e. The summed E-state index contributed by atoms with van der Waals surface area (Å²) in [5, 5.41) is 1.95. The van der Waals surface area contributed by atoms with Crippen LogP contribution in [0.5, 0.6) is 5.75 Å². The van der Waals surface area contributed by atoms with Crippen LogP contribution in [0.4, 0.5) is 4.79 Å². The third-order valence-corrected chi connectivity index (χ3v) is 3.66. The lowest BCUT2D eigenvalue weighted by Gasteiger charge is -2.15. The first kappa shape index (κ1) is 12.3. The molecular weight excluding hydrogens is 262 g/mol. The molecule has 2 aromatic carbocycles. The van der Waals surface area contributed by atoms with E-state index in [-0.39, 0.29) is 6.10 Å². The maximum absolute atomic E-state index is 11.1. The zero-order valence-corrected chi connectivity index (χ0v) is 11.1. The Bertz CT molecular complexity index is 614. The zero-order valence-electron chi connectivity index (χ0n) is 10.4. The average molecular weight is 276 g/mol. The lowest BCUT2D eigenvalue weighted by molar-refractivity contribution is 0.199. The van der Waals surface area contributed by atoms with E-state index in [0.29, 0.717) is 13.1 Å². The summed E-state index contributed by atoms with van der Waals surface area (Å²) in [5.41, 5.74) is 0. The van der Waals surface area contributed by atoms with E-state index >= 15 is 0 Å². The van der Waals surface area contributed by atoms with Crippen LogP contribution in [0.15, 0.2) is 42.5 Å². The maximum atomic E-state index is 11.1. The number of likely N-dealkylation sites (tertiary alicyclic amines) is 1. The first-order chi connectivity index (χ1) is 9.22. The summed E-state index contributed by atoms with van der Waals surface area (Å²) in [6.07, 6.45) is 0.856. The number of benzene rings is 2. The van der Waals surface area contributed by atoms with E-state index in [4.69, 9.17) is 16.3 Å². The summed E-state index contributed by atoms with van der Waals surface area (Å²) in [6, 6.07) is 14.2. The summed E-state index contributed by atoms with van der Waals surface area (Å²) in [5.74, 6) is 0.840. The van der Waals surface area contributed by atoms with Crippen LogP contribution >= 0.6 is 11.6 Å². The van der Waals surface area contributed by atoms with Gasteiger partial charge in [-0.05, 0) is 34.5 Å². The second-order valence-corrected chi connectivity index (χ2v) is 5.06. The second-order valence-electron chi connectivity index (χ2n) is 4.74. The lowest BCUT2D eigenvalue weighted by Crippen LogP contribution is -2.26. The molecule has 3 rings (SSSR count). The fourth-order valence-electron chi connectivity index (χ4n) is 2.42. The molecule has 1 fully saturated rings. The van der Waals surface area contributed by atoms with Crippen LogP contribution in [-0.2, 0) is 0 Å². The van der Waals surface area contributed by atoms with Crippen molar-refractivity contribution in [2.24, 2.45) is 0 Å². The predicted molar refractivity (Wildman–Crippen MR) is 75.8 cm³/mol. The quantitative estimate of drug-likeness (QED) is 0.618. The Morgan fingerprint density at radius 1 is 1.21 bits per heavy atom. The van der Waals surface area contributed by atoms with Crippen molar-refractivity contribution >= 4 is 27.7 Å². The van der Waals surface area contributed by atoms with E-state index in [9.17, 15) is 4.79 Å². The van der Waals surface area contributed by atoms with Crippen LogP contribution in [0.1, 0.15) is 6.42 Å². The number of halogens is 1. The highest BCUT2D eigenvalue weighted by atomic mass is 35.5. The topological polar surface area (TPSA) is 29.5 Å². The predicted octanol–water partition coefficient (Wildman–Crippen LogP) is 3.65. The minimum atomic E-state index is -0.399. The van der Waals surface area contributed by atoms with Gasteiger partial charge in [-0.2, -0.15) is 0 Å². The minimum absolute atomic E-state index is 0.0314. The van der Waals surface area contributed by atoms with Gasteiger partial charge in [-0.25, -0.2) is 0 Å². The highest BCUT2D eigenvalue weighted by Crippen LogP contribution is 2.24. The van der Waals surface area contributed by atoms with E-state index in [0.717, 1.165) is 17.6 Å². The van der Waals surface area contributed by atoms with Crippen molar-refractivity contribution in [2.75, 3.05) is 13.1 Å². The number of amides is 1. The smallest absolute Gasteiger partial charge is 0.316 e. The fourth-order valence-corrected chi connectivity index (χ4v) is 2.57. The van der Waals surface area contributed by atoms with Crippen LogP contribution in [-0.4, -0.2) is 29.5 Å². The van der Waals surface area contributed by atoms with E-state index in [1.54, 1.807) is 4.90 Å². The van der Waals surface area contributed by atoms with Crippen molar-refractivity contribution in [1.29, 1.82) is 0 Å². The largest absolute Gasteiger partial charge is 0.488 e. The molecule has 2 aromatic rings. The molecule has 1 atom stereocenters. The summed E-state index contributed by atoms with van der Waals surface area (Å²) >= 11 is 5.46. The Labute approximate surface area is 116 Å². The van der Waals surface area contributed by atoms with Crippen molar-refractivity contribution in [3.63, 3.8) is 0 Å². The third kappa shape index (κ3) is 2.66. The van der Waals surface area contributed by atoms with E-state index < -0.39 is 5.37 Å². The Hall–Kier alpha value is -1.74. The van der Waals surface area contributed by atoms with Crippen LogP contribution in [0.25, 0.3) is 10.8 Å². The van der Waals surface area contributed by atoms with Gasteiger partial charge in [0.1, 0.15) is 11.9 Å². The van der Waals surface area contributed by atoms with Gasteiger partial charge in [-0.3, -0.25) is 4.79 Å². The molecular formula is C15H14ClNO2. The van der Waals surface area contributed by atoms with Crippen LogP contribution in [0.3, 0.4) is 0 Å². The number of nitrogens with zero attached hydrogens (tertiary/aromatic N) is 1. The first-order valence-corrected chi connectivity index (χ1v) is 6.70.